The third-order valence-corrected chi connectivity index (χ3v) is 6.41. The van der Waals surface area contributed by atoms with Crippen LogP contribution in [-0.2, 0) is 24.0 Å². The number of aliphatic carboxylic acids is 2. The van der Waals surface area contributed by atoms with E-state index >= 15 is 0 Å². The van der Waals surface area contributed by atoms with E-state index in [0.29, 0.717) is 5.69 Å². The lowest BCUT2D eigenvalue weighted by molar-refractivity contribution is -0.138. The van der Waals surface area contributed by atoms with Crippen LogP contribution in [0.25, 0.3) is 11.1 Å². The minimum absolute atomic E-state index is 0.0492. The molecular formula is C28H23N3O8. The zero-order valence-electron chi connectivity index (χ0n) is 20.4. The molecule has 3 aromatic carbocycles. The zero-order valence-corrected chi connectivity index (χ0v) is 20.4. The second kappa shape index (κ2) is 10.6. The number of rotatable bonds is 8. The predicted molar refractivity (Wildman–Crippen MR) is 137 cm³/mol. The van der Waals surface area contributed by atoms with Gasteiger partial charge in [0.1, 0.15) is 18.7 Å². The quantitative estimate of drug-likeness (QED) is 0.345. The van der Waals surface area contributed by atoms with Crippen molar-refractivity contribution in [1.82, 2.24) is 10.6 Å². The third-order valence-electron chi connectivity index (χ3n) is 6.41. The molecule has 1 heterocycles. The van der Waals surface area contributed by atoms with Crippen LogP contribution in [0.15, 0.2) is 90.2 Å². The highest BCUT2D eigenvalue weighted by Crippen LogP contribution is 2.44. The Morgan fingerprint density at radius 3 is 2.00 bits per heavy atom. The summed E-state index contributed by atoms with van der Waals surface area (Å²) in [6.45, 7) is -0.501. The van der Waals surface area contributed by atoms with Crippen molar-refractivity contribution in [2.45, 2.75) is 12.1 Å². The Bertz CT molecular complexity index is 1440. The molecular weight excluding hydrogens is 506 g/mol. The van der Waals surface area contributed by atoms with Gasteiger partial charge < -0.3 is 30.4 Å². The van der Waals surface area contributed by atoms with E-state index < -0.39 is 48.0 Å². The normalized spacial score (nSPS) is 15.7. The lowest BCUT2D eigenvalue weighted by atomic mass is 9.98. The van der Waals surface area contributed by atoms with Gasteiger partial charge in [-0.1, -0.05) is 66.7 Å². The van der Waals surface area contributed by atoms with Gasteiger partial charge in [-0.15, -0.1) is 0 Å². The van der Waals surface area contributed by atoms with Crippen molar-refractivity contribution in [2.75, 3.05) is 18.2 Å². The monoisotopic (exact) mass is 529 g/mol. The van der Waals surface area contributed by atoms with Crippen molar-refractivity contribution in [1.29, 1.82) is 0 Å². The van der Waals surface area contributed by atoms with Gasteiger partial charge in [0, 0.05) is 5.92 Å². The molecule has 0 aromatic heterocycles. The molecule has 198 valence electrons. The van der Waals surface area contributed by atoms with Gasteiger partial charge >= 0.3 is 18.0 Å². The molecule has 2 amide bonds. The Balaban J connectivity index is 1.23. The number of nitrogens with one attached hydrogen (secondary N) is 2. The minimum Gasteiger partial charge on any atom is -0.478 e. The van der Waals surface area contributed by atoms with E-state index in [1.165, 1.54) is 0 Å². The number of nitrogens with zero attached hydrogens (tertiary/aromatic N) is 1. The molecule has 0 unspecified atom stereocenters. The van der Waals surface area contributed by atoms with E-state index in [0.717, 1.165) is 27.3 Å². The maximum Gasteiger partial charge on any atom is 0.407 e. The van der Waals surface area contributed by atoms with Gasteiger partial charge in [0.15, 0.2) is 6.17 Å². The Hall–Kier alpha value is -5.32. The summed E-state index contributed by atoms with van der Waals surface area (Å²) in [5, 5.41) is 24.8. The van der Waals surface area contributed by atoms with Crippen molar-refractivity contribution in [3.8, 4) is 11.1 Å². The van der Waals surface area contributed by atoms with E-state index in [2.05, 4.69) is 10.6 Å². The Morgan fingerprint density at radius 2 is 1.41 bits per heavy atom. The Morgan fingerprint density at radius 1 is 0.821 bits per heavy atom. The van der Waals surface area contributed by atoms with Gasteiger partial charge in [0.05, 0.1) is 5.69 Å². The Labute approximate surface area is 222 Å². The molecule has 1 aliphatic heterocycles. The molecule has 0 radical (unpaired) electrons. The molecule has 3 aromatic rings. The maximum absolute atomic E-state index is 12.7. The van der Waals surface area contributed by atoms with Crippen LogP contribution < -0.4 is 15.7 Å². The molecule has 2 aliphatic rings. The highest BCUT2D eigenvalue weighted by molar-refractivity contribution is 6.00. The zero-order chi connectivity index (χ0) is 27.5. The number of carboxylic acids is 2. The maximum atomic E-state index is 12.7. The highest BCUT2D eigenvalue weighted by atomic mass is 16.7. The summed E-state index contributed by atoms with van der Waals surface area (Å²) in [6.07, 6.45) is -2.30. The smallest absolute Gasteiger partial charge is 0.407 e. The average Bonchev–Trinajstić information content (AvgIpc) is 3.48. The molecule has 0 bridgehead atoms. The van der Waals surface area contributed by atoms with Crippen LogP contribution in [0.2, 0.25) is 0 Å². The number of para-hydroxylation sites is 1. The summed E-state index contributed by atoms with van der Waals surface area (Å²) < 4.78 is 5.41. The van der Waals surface area contributed by atoms with Crippen LogP contribution in [0.4, 0.5) is 10.5 Å². The number of carboxylic acid groups (broad SMARTS) is 2. The molecule has 39 heavy (non-hydrogen) atoms. The van der Waals surface area contributed by atoms with Gasteiger partial charge in [-0.2, -0.15) is 5.06 Å². The highest BCUT2D eigenvalue weighted by Gasteiger charge is 2.43. The molecule has 0 saturated carbocycles. The molecule has 0 fully saturated rings. The van der Waals surface area contributed by atoms with Crippen molar-refractivity contribution in [2.24, 2.45) is 0 Å². The van der Waals surface area contributed by atoms with Crippen LogP contribution in [0.5, 0.6) is 0 Å². The molecule has 11 nitrogen and oxygen atoms in total. The van der Waals surface area contributed by atoms with Crippen LogP contribution in [0, 0.1) is 0 Å². The van der Waals surface area contributed by atoms with E-state index in [1.807, 2.05) is 48.5 Å². The van der Waals surface area contributed by atoms with E-state index in [1.54, 1.807) is 30.3 Å². The first-order chi connectivity index (χ1) is 18.8. The van der Waals surface area contributed by atoms with Gasteiger partial charge in [-0.25, -0.2) is 14.4 Å². The fourth-order valence-electron chi connectivity index (χ4n) is 4.72. The first kappa shape index (κ1) is 25.3. The van der Waals surface area contributed by atoms with Crippen molar-refractivity contribution < 1.29 is 39.0 Å². The average molecular weight is 530 g/mol. The number of amides is 2. The number of anilines is 1. The number of carbonyl (C=O) groups excluding carboxylic acids is 2. The SMILES string of the molecule is O=C(CNC(=O)OCC1c2ccccc2-c2ccccc21)N[C@@H]1C(C(=O)O)=C(C(=O)O)ON1c1ccccc1. The number of fused-ring (bicyclic) bond motifs is 3. The van der Waals surface area contributed by atoms with E-state index in [-0.39, 0.29) is 12.5 Å². The van der Waals surface area contributed by atoms with E-state index in [4.69, 9.17) is 9.57 Å². The number of carbonyl (C=O) groups is 4. The van der Waals surface area contributed by atoms with Crippen molar-refractivity contribution in [3.63, 3.8) is 0 Å². The van der Waals surface area contributed by atoms with Crippen LogP contribution in [0.3, 0.4) is 0 Å². The summed E-state index contributed by atoms with van der Waals surface area (Å²) in [5.74, 6) is -4.98. The molecule has 1 aliphatic carbocycles. The van der Waals surface area contributed by atoms with Crippen molar-refractivity contribution >= 4 is 29.6 Å². The fraction of sp³-hybridized carbons (Fsp3) is 0.143. The van der Waals surface area contributed by atoms with Gasteiger partial charge in [-0.3, -0.25) is 4.79 Å². The number of hydrogen-bond acceptors (Lipinski definition) is 7. The van der Waals surface area contributed by atoms with Crippen LogP contribution >= 0.6 is 0 Å². The molecule has 0 spiro atoms. The van der Waals surface area contributed by atoms with Gasteiger partial charge in [-0.05, 0) is 34.4 Å². The molecule has 0 saturated heterocycles. The molecule has 1 atom stereocenters. The second-order valence-electron chi connectivity index (χ2n) is 8.75. The molecule has 5 rings (SSSR count). The summed E-state index contributed by atoms with van der Waals surface area (Å²) in [5.41, 5.74) is 3.86. The third kappa shape index (κ3) is 4.97. The summed E-state index contributed by atoms with van der Waals surface area (Å²) >= 11 is 0. The topological polar surface area (TPSA) is 154 Å². The van der Waals surface area contributed by atoms with Crippen LogP contribution in [-0.4, -0.2) is 53.5 Å². The number of benzene rings is 3. The molecule has 11 heteroatoms. The summed E-state index contributed by atoms with van der Waals surface area (Å²) in [7, 11) is 0. The van der Waals surface area contributed by atoms with E-state index in [9.17, 15) is 29.4 Å². The lowest BCUT2D eigenvalue weighted by Gasteiger charge is -2.26. The van der Waals surface area contributed by atoms with Crippen LogP contribution in [0.1, 0.15) is 17.0 Å². The first-order valence-electron chi connectivity index (χ1n) is 12.0. The predicted octanol–water partition coefficient (Wildman–Crippen LogP) is 2.84. The summed E-state index contributed by atoms with van der Waals surface area (Å²) in [4.78, 5) is 53.9. The fourth-order valence-corrected chi connectivity index (χ4v) is 4.72. The largest absolute Gasteiger partial charge is 0.478 e. The lowest BCUT2D eigenvalue weighted by Crippen LogP contribution is -2.50. The standard InChI is InChI=1S/C28H23N3O8/c32-22(30-25-23(26(33)34)24(27(35)36)39-31(25)16-8-2-1-3-9-16)14-29-28(37)38-15-21-19-12-6-4-10-17(19)18-11-5-7-13-20(18)21/h1-13,21,25H,14-15H2,(H,29,37)(H,30,32)(H,33,34)(H,35,36)/t25-/m0/s1. The van der Waals surface area contributed by atoms with Gasteiger partial charge in [0.25, 0.3) is 5.76 Å². The molecule has 4 N–H and O–H groups in total. The summed E-state index contributed by atoms with van der Waals surface area (Å²) in [6, 6.07) is 23.8. The first-order valence-corrected chi connectivity index (χ1v) is 12.0. The van der Waals surface area contributed by atoms with Crippen molar-refractivity contribution in [3.05, 3.63) is 101 Å². The minimum atomic E-state index is -1.61. The number of hydrogen-bond donors (Lipinski definition) is 4. The number of alkyl carbamates (subject to hydrolysis) is 1. The number of hydroxylamine groups is 1. The second-order valence-corrected chi connectivity index (χ2v) is 8.75. The number of ether oxygens (including phenoxy) is 1. The van der Waals surface area contributed by atoms with Gasteiger partial charge in [0.2, 0.25) is 5.91 Å². The Kier molecular flexibility index (Phi) is 6.87.